The minimum Gasteiger partial charge on any atom is -0.306 e. The molecular weight excluding hydrogens is 404 g/mol. The third-order valence-electron chi connectivity index (χ3n) is 5.54. The van der Waals surface area contributed by atoms with E-state index in [4.69, 9.17) is 11.6 Å². The van der Waals surface area contributed by atoms with Crippen LogP contribution in [0.3, 0.4) is 0 Å². The molecule has 0 saturated carbocycles. The molecule has 0 aromatic heterocycles. The van der Waals surface area contributed by atoms with Gasteiger partial charge in [-0.2, -0.15) is 0 Å². The van der Waals surface area contributed by atoms with Crippen LogP contribution in [0.5, 0.6) is 0 Å². The Morgan fingerprint density at radius 3 is 2.45 bits per heavy atom. The molecule has 0 radical (unpaired) electrons. The molecule has 4 nitrogen and oxygen atoms in total. The third-order valence-corrected chi connectivity index (χ3v) is 7.73. The van der Waals surface area contributed by atoms with E-state index < -0.39 is 10.0 Å². The van der Waals surface area contributed by atoms with Crippen molar-refractivity contribution < 1.29 is 8.42 Å². The van der Waals surface area contributed by atoms with Crippen molar-refractivity contribution >= 4 is 27.3 Å². The number of fused-ring (bicyclic) bond motifs is 2. The van der Waals surface area contributed by atoms with Crippen LogP contribution in [0.15, 0.2) is 47.4 Å². The molecule has 0 saturated heterocycles. The fourth-order valence-electron chi connectivity index (χ4n) is 4.06. The van der Waals surface area contributed by atoms with Gasteiger partial charge >= 0.3 is 0 Å². The van der Waals surface area contributed by atoms with Crippen molar-refractivity contribution in [2.75, 3.05) is 17.4 Å². The normalized spacial score (nSPS) is 17.5. The summed E-state index contributed by atoms with van der Waals surface area (Å²) < 4.78 is 28.3. The van der Waals surface area contributed by atoms with E-state index in [9.17, 15) is 8.42 Å². The zero-order chi connectivity index (χ0) is 20.9. The van der Waals surface area contributed by atoms with Crippen molar-refractivity contribution in [2.24, 2.45) is 0 Å². The zero-order valence-corrected chi connectivity index (χ0v) is 18.9. The van der Waals surface area contributed by atoms with E-state index in [1.54, 1.807) is 18.2 Å². The van der Waals surface area contributed by atoms with Crippen LogP contribution in [-0.4, -0.2) is 21.5 Å². The van der Waals surface area contributed by atoms with Crippen LogP contribution in [0.2, 0.25) is 5.02 Å². The minimum atomic E-state index is -3.64. The van der Waals surface area contributed by atoms with Crippen LogP contribution in [0.25, 0.3) is 0 Å². The number of hydrogen-bond donors (Lipinski definition) is 1. The van der Waals surface area contributed by atoms with Crippen LogP contribution in [-0.2, 0) is 10.0 Å². The number of nitrogens with one attached hydrogen (secondary N) is 1. The predicted molar refractivity (Wildman–Crippen MR) is 121 cm³/mol. The molecule has 6 heteroatoms. The summed E-state index contributed by atoms with van der Waals surface area (Å²) in [6, 6.07) is 12.7. The van der Waals surface area contributed by atoms with Crippen molar-refractivity contribution in [1.82, 2.24) is 5.32 Å². The number of anilines is 1. The zero-order valence-electron chi connectivity index (χ0n) is 17.3. The second-order valence-corrected chi connectivity index (χ2v) is 9.83. The summed E-state index contributed by atoms with van der Waals surface area (Å²) in [4.78, 5) is 0.370. The van der Waals surface area contributed by atoms with Crippen LogP contribution in [0.1, 0.15) is 69.5 Å². The van der Waals surface area contributed by atoms with Gasteiger partial charge in [0.05, 0.1) is 16.6 Å². The summed E-state index contributed by atoms with van der Waals surface area (Å²) in [6.07, 6.45) is 7.35. The Morgan fingerprint density at radius 2 is 1.69 bits per heavy atom. The monoisotopic (exact) mass is 434 g/mol. The van der Waals surface area contributed by atoms with Gasteiger partial charge in [-0.15, -0.1) is 0 Å². The Morgan fingerprint density at radius 1 is 0.966 bits per heavy atom. The summed E-state index contributed by atoms with van der Waals surface area (Å²) in [6.45, 7) is 5.28. The fourth-order valence-corrected chi connectivity index (χ4v) is 5.95. The van der Waals surface area contributed by atoms with E-state index in [0.717, 1.165) is 24.1 Å². The maximum absolute atomic E-state index is 13.4. The lowest BCUT2D eigenvalue weighted by Gasteiger charge is -2.24. The molecule has 2 aromatic rings. The molecule has 158 valence electrons. The van der Waals surface area contributed by atoms with Gasteiger partial charge in [-0.05, 0) is 49.2 Å². The number of nitrogens with zero attached hydrogens (tertiary/aromatic N) is 1. The Kier molecular flexibility index (Phi) is 7.60. The molecule has 1 aliphatic rings. The molecule has 0 spiro atoms. The average molecular weight is 435 g/mol. The second-order valence-electron chi connectivity index (χ2n) is 7.57. The van der Waals surface area contributed by atoms with Gasteiger partial charge in [0.2, 0.25) is 0 Å². The van der Waals surface area contributed by atoms with E-state index in [-0.39, 0.29) is 6.04 Å². The van der Waals surface area contributed by atoms with Crippen LogP contribution in [0, 0.1) is 0 Å². The van der Waals surface area contributed by atoms with Crippen LogP contribution >= 0.6 is 11.6 Å². The Hall–Kier alpha value is -1.56. The average Bonchev–Trinajstić information content (AvgIpc) is 2.78. The van der Waals surface area contributed by atoms with Crippen molar-refractivity contribution in [1.29, 1.82) is 0 Å². The topological polar surface area (TPSA) is 49.4 Å². The van der Waals surface area contributed by atoms with E-state index in [1.165, 1.54) is 36.4 Å². The fraction of sp³-hybridized carbons (Fsp3) is 0.478. The largest absolute Gasteiger partial charge is 0.306 e. The SMILES string of the molecule is CCCCCCCCNC1c2ccc(Cl)cc2N(CC)S(=O)(=O)c2ccccc21. The van der Waals surface area contributed by atoms with Gasteiger partial charge in [-0.25, -0.2) is 8.42 Å². The van der Waals surface area contributed by atoms with E-state index in [1.807, 2.05) is 31.2 Å². The molecule has 1 heterocycles. The number of hydrogen-bond acceptors (Lipinski definition) is 3. The number of sulfonamides is 1. The molecule has 3 rings (SSSR count). The minimum absolute atomic E-state index is 0.180. The lowest BCUT2D eigenvalue weighted by Crippen LogP contribution is -2.30. The van der Waals surface area contributed by atoms with E-state index >= 15 is 0 Å². The highest BCUT2D eigenvalue weighted by Gasteiger charge is 2.35. The lowest BCUT2D eigenvalue weighted by atomic mass is 9.96. The van der Waals surface area contributed by atoms with Crippen molar-refractivity contribution in [2.45, 2.75) is 63.3 Å². The van der Waals surface area contributed by atoms with Crippen molar-refractivity contribution in [3.05, 3.63) is 58.6 Å². The molecule has 0 bridgehead atoms. The highest BCUT2D eigenvalue weighted by Crippen LogP contribution is 2.41. The molecule has 1 aliphatic heterocycles. The molecule has 0 fully saturated rings. The maximum Gasteiger partial charge on any atom is 0.264 e. The molecule has 1 N–H and O–H groups in total. The molecule has 1 atom stereocenters. The van der Waals surface area contributed by atoms with E-state index in [2.05, 4.69) is 12.2 Å². The first kappa shape index (κ1) is 22.1. The van der Waals surface area contributed by atoms with Gasteiger partial charge in [-0.3, -0.25) is 4.31 Å². The standard InChI is InChI=1S/C23H31ClN2O2S/c1-3-5-6-7-8-11-16-25-23-19-15-14-18(24)17-21(19)26(4-2)29(27,28)22-13-10-9-12-20(22)23/h9-10,12-15,17,23,25H,3-8,11,16H2,1-2H3. The van der Waals surface area contributed by atoms with Gasteiger partial charge in [0.1, 0.15) is 0 Å². The Bertz CT molecular complexity index is 930. The van der Waals surface area contributed by atoms with Crippen molar-refractivity contribution in [3.8, 4) is 0 Å². The summed E-state index contributed by atoms with van der Waals surface area (Å²) in [5.41, 5.74) is 2.42. The van der Waals surface area contributed by atoms with Gasteiger partial charge in [-0.1, -0.05) is 74.9 Å². The number of halogens is 1. The molecule has 0 amide bonds. The number of rotatable bonds is 9. The van der Waals surface area contributed by atoms with Crippen LogP contribution < -0.4 is 9.62 Å². The Balaban J connectivity index is 1.93. The first-order valence-corrected chi connectivity index (χ1v) is 12.5. The quantitative estimate of drug-likeness (QED) is 0.499. The first-order chi connectivity index (χ1) is 14.0. The maximum atomic E-state index is 13.4. The highest BCUT2D eigenvalue weighted by molar-refractivity contribution is 7.93. The number of unbranched alkanes of at least 4 members (excludes halogenated alkanes) is 5. The smallest absolute Gasteiger partial charge is 0.264 e. The van der Waals surface area contributed by atoms with Gasteiger partial charge in [0.25, 0.3) is 10.0 Å². The van der Waals surface area contributed by atoms with Gasteiger partial charge < -0.3 is 5.32 Å². The molecule has 29 heavy (non-hydrogen) atoms. The summed E-state index contributed by atoms with van der Waals surface area (Å²) in [5, 5.41) is 4.17. The summed E-state index contributed by atoms with van der Waals surface area (Å²) in [5.74, 6) is 0. The highest BCUT2D eigenvalue weighted by atomic mass is 35.5. The van der Waals surface area contributed by atoms with Crippen LogP contribution in [0.4, 0.5) is 5.69 Å². The predicted octanol–water partition coefficient (Wildman–Crippen LogP) is 5.91. The van der Waals surface area contributed by atoms with Crippen molar-refractivity contribution in [3.63, 3.8) is 0 Å². The number of benzene rings is 2. The molecule has 2 aromatic carbocycles. The third kappa shape index (κ3) is 4.79. The van der Waals surface area contributed by atoms with E-state index in [0.29, 0.717) is 22.2 Å². The second kappa shape index (κ2) is 9.96. The molecule has 1 unspecified atom stereocenters. The molecular formula is C23H31ClN2O2S. The van der Waals surface area contributed by atoms with Gasteiger partial charge in [0, 0.05) is 11.6 Å². The Labute approximate surface area is 180 Å². The summed E-state index contributed by atoms with van der Waals surface area (Å²) in [7, 11) is -3.64. The molecule has 0 aliphatic carbocycles. The first-order valence-electron chi connectivity index (χ1n) is 10.6. The van der Waals surface area contributed by atoms with Gasteiger partial charge in [0.15, 0.2) is 0 Å². The summed E-state index contributed by atoms with van der Waals surface area (Å²) >= 11 is 6.25. The lowest BCUT2D eigenvalue weighted by molar-refractivity contribution is 0.539.